The molecule has 0 spiro atoms. The van der Waals surface area contributed by atoms with Crippen LogP contribution < -0.4 is 0 Å². The maximum atomic E-state index is 11.8. The first-order valence-electron chi connectivity index (χ1n) is 6.97. The predicted octanol–water partition coefficient (Wildman–Crippen LogP) is 3.57. The molecule has 0 aliphatic carbocycles. The van der Waals surface area contributed by atoms with Crippen LogP contribution in [0.2, 0.25) is 0 Å². The molecule has 112 valence electrons. The first-order chi connectivity index (χ1) is 9.99. The topological polar surface area (TPSA) is 53.4 Å². The van der Waals surface area contributed by atoms with Crippen molar-refractivity contribution in [3.63, 3.8) is 0 Å². The molecule has 0 fully saturated rings. The molecule has 3 rings (SSSR count). The van der Waals surface area contributed by atoms with E-state index in [2.05, 4.69) is 23.7 Å². The lowest BCUT2D eigenvalue weighted by molar-refractivity contribution is -0.145. The summed E-state index contributed by atoms with van der Waals surface area (Å²) < 4.78 is 0. The molecule has 3 heterocycles. The van der Waals surface area contributed by atoms with E-state index in [1.165, 1.54) is 9.75 Å². The summed E-state index contributed by atoms with van der Waals surface area (Å²) in [5.41, 5.74) is 1.97. The number of aliphatic carboxylic acids is 1. The third-order valence-electron chi connectivity index (χ3n) is 4.07. The van der Waals surface area contributed by atoms with Crippen LogP contribution in [0.4, 0.5) is 0 Å². The van der Waals surface area contributed by atoms with E-state index in [0.717, 1.165) is 29.2 Å². The molecule has 0 saturated carbocycles. The quantitative estimate of drug-likeness (QED) is 0.938. The van der Waals surface area contributed by atoms with Gasteiger partial charge in [-0.3, -0.25) is 9.69 Å². The fourth-order valence-electron chi connectivity index (χ4n) is 3.12. The lowest BCUT2D eigenvalue weighted by Gasteiger charge is -2.37. The Hall–Kier alpha value is -1.24. The highest BCUT2D eigenvalue weighted by molar-refractivity contribution is 7.11. The number of nitrogens with zero attached hydrogens (tertiary/aromatic N) is 2. The highest BCUT2D eigenvalue weighted by atomic mass is 32.1. The minimum Gasteiger partial charge on any atom is -0.480 e. The van der Waals surface area contributed by atoms with E-state index in [-0.39, 0.29) is 6.04 Å². The number of thiophene rings is 1. The zero-order valence-corrected chi connectivity index (χ0v) is 13.9. The highest BCUT2D eigenvalue weighted by Crippen LogP contribution is 2.39. The largest absolute Gasteiger partial charge is 0.480 e. The van der Waals surface area contributed by atoms with Crippen LogP contribution in [-0.2, 0) is 11.2 Å². The van der Waals surface area contributed by atoms with Gasteiger partial charge in [-0.1, -0.05) is 0 Å². The lowest BCUT2D eigenvalue weighted by Crippen LogP contribution is -2.40. The number of rotatable bonds is 3. The number of fused-ring (bicyclic) bond motifs is 1. The van der Waals surface area contributed by atoms with Gasteiger partial charge in [0, 0.05) is 16.3 Å². The van der Waals surface area contributed by atoms with Crippen LogP contribution in [0.3, 0.4) is 0 Å². The summed E-state index contributed by atoms with van der Waals surface area (Å²) in [7, 11) is 0. The van der Waals surface area contributed by atoms with Crippen LogP contribution in [0.25, 0.3) is 0 Å². The van der Waals surface area contributed by atoms with Gasteiger partial charge in [-0.25, -0.2) is 4.98 Å². The van der Waals surface area contributed by atoms with Crippen molar-refractivity contribution in [3.8, 4) is 0 Å². The van der Waals surface area contributed by atoms with Crippen molar-refractivity contribution in [2.45, 2.75) is 39.3 Å². The second kappa shape index (κ2) is 5.51. The number of aryl methyl sites for hydroxylation is 2. The molecule has 6 heteroatoms. The molecule has 0 radical (unpaired) electrons. The molecule has 2 aromatic heterocycles. The van der Waals surface area contributed by atoms with Crippen LogP contribution in [0.15, 0.2) is 11.4 Å². The molecule has 21 heavy (non-hydrogen) atoms. The molecular weight excluding hydrogens is 304 g/mol. The van der Waals surface area contributed by atoms with E-state index < -0.39 is 12.0 Å². The normalized spacial score (nSPS) is 20.2. The summed E-state index contributed by atoms with van der Waals surface area (Å²) in [5, 5.41) is 12.7. The Balaban J connectivity index is 1.98. The van der Waals surface area contributed by atoms with E-state index in [1.807, 2.05) is 18.4 Å². The number of carboxylic acid groups (broad SMARTS) is 1. The summed E-state index contributed by atoms with van der Waals surface area (Å²) in [6.07, 6.45) is 0.920. The third-order valence-corrected chi connectivity index (χ3v) is 5.97. The Morgan fingerprint density at radius 3 is 2.90 bits per heavy atom. The molecule has 0 bridgehead atoms. The summed E-state index contributed by atoms with van der Waals surface area (Å²) in [6.45, 7) is 6.89. The van der Waals surface area contributed by atoms with E-state index in [9.17, 15) is 9.90 Å². The Morgan fingerprint density at radius 1 is 1.52 bits per heavy atom. The van der Waals surface area contributed by atoms with E-state index in [1.54, 1.807) is 22.7 Å². The second-order valence-corrected chi connectivity index (χ2v) is 7.79. The minimum absolute atomic E-state index is 0.0177. The van der Waals surface area contributed by atoms with Gasteiger partial charge in [0.1, 0.15) is 6.04 Å². The van der Waals surface area contributed by atoms with Crippen molar-refractivity contribution in [2.75, 3.05) is 6.54 Å². The molecule has 0 amide bonds. The zero-order valence-electron chi connectivity index (χ0n) is 12.3. The molecule has 2 atom stereocenters. The Labute approximate surface area is 132 Å². The van der Waals surface area contributed by atoms with Gasteiger partial charge in [-0.15, -0.1) is 22.7 Å². The SMILES string of the molecule is Cc1nc(C(C)N2CCc3sccc3C2C(=O)O)c(C)s1. The van der Waals surface area contributed by atoms with Crippen LogP contribution >= 0.6 is 22.7 Å². The number of hydrogen-bond acceptors (Lipinski definition) is 5. The molecule has 2 aromatic rings. The van der Waals surface area contributed by atoms with Crippen molar-refractivity contribution in [3.05, 3.63) is 37.5 Å². The fourth-order valence-corrected chi connectivity index (χ4v) is 4.93. The maximum Gasteiger partial charge on any atom is 0.325 e. The minimum atomic E-state index is -0.772. The third kappa shape index (κ3) is 2.52. The molecule has 0 saturated heterocycles. The Morgan fingerprint density at radius 2 is 2.29 bits per heavy atom. The van der Waals surface area contributed by atoms with Crippen LogP contribution in [0.5, 0.6) is 0 Å². The number of carbonyl (C=O) groups is 1. The van der Waals surface area contributed by atoms with Gasteiger partial charge in [-0.05, 0) is 44.2 Å². The molecule has 0 aromatic carbocycles. The highest BCUT2D eigenvalue weighted by Gasteiger charge is 2.37. The van der Waals surface area contributed by atoms with Crippen LogP contribution in [0, 0.1) is 13.8 Å². The van der Waals surface area contributed by atoms with Gasteiger partial charge in [0.25, 0.3) is 0 Å². The van der Waals surface area contributed by atoms with E-state index in [0.29, 0.717) is 0 Å². The monoisotopic (exact) mass is 322 g/mol. The summed E-state index contributed by atoms with van der Waals surface area (Å²) in [4.78, 5) is 20.9. The molecular formula is C15H18N2O2S2. The fraction of sp³-hybridized carbons (Fsp3) is 0.467. The molecule has 1 N–H and O–H groups in total. The summed E-state index contributed by atoms with van der Waals surface area (Å²) in [5.74, 6) is -0.772. The van der Waals surface area contributed by atoms with Crippen molar-refractivity contribution in [2.24, 2.45) is 0 Å². The maximum absolute atomic E-state index is 11.8. The van der Waals surface area contributed by atoms with Crippen molar-refractivity contribution in [1.29, 1.82) is 0 Å². The van der Waals surface area contributed by atoms with Crippen molar-refractivity contribution < 1.29 is 9.90 Å². The Kier molecular flexibility index (Phi) is 3.86. The van der Waals surface area contributed by atoms with Gasteiger partial charge >= 0.3 is 5.97 Å². The van der Waals surface area contributed by atoms with Crippen molar-refractivity contribution >= 4 is 28.6 Å². The number of carboxylic acids is 1. The second-order valence-electron chi connectivity index (χ2n) is 5.38. The average Bonchev–Trinajstić information content (AvgIpc) is 3.02. The smallest absolute Gasteiger partial charge is 0.325 e. The zero-order chi connectivity index (χ0) is 15.1. The number of hydrogen-bond donors (Lipinski definition) is 1. The van der Waals surface area contributed by atoms with Gasteiger partial charge in [0.05, 0.1) is 16.7 Å². The first-order valence-corrected chi connectivity index (χ1v) is 8.67. The summed E-state index contributed by atoms with van der Waals surface area (Å²) in [6, 6.07) is 1.41. The average molecular weight is 322 g/mol. The van der Waals surface area contributed by atoms with Gasteiger partial charge in [0.2, 0.25) is 0 Å². The van der Waals surface area contributed by atoms with Gasteiger partial charge in [0.15, 0.2) is 0 Å². The van der Waals surface area contributed by atoms with Crippen LogP contribution in [0.1, 0.15) is 45.0 Å². The van der Waals surface area contributed by atoms with Crippen LogP contribution in [-0.4, -0.2) is 27.5 Å². The molecule has 1 aliphatic rings. The molecule has 1 aliphatic heterocycles. The first kappa shape index (κ1) is 14.7. The standard InChI is InChI=1S/C15H18N2O2S2/c1-8(13-9(2)21-10(3)16-13)17-6-4-12-11(5-7-20-12)14(17)15(18)19/h5,7-8,14H,4,6H2,1-3H3,(H,18,19). The molecule has 4 nitrogen and oxygen atoms in total. The van der Waals surface area contributed by atoms with E-state index >= 15 is 0 Å². The summed E-state index contributed by atoms with van der Waals surface area (Å²) >= 11 is 3.34. The lowest BCUT2D eigenvalue weighted by atomic mass is 9.97. The Bertz CT molecular complexity index is 677. The predicted molar refractivity (Wildman–Crippen MR) is 85.1 cm³/mol. The van der Waals surface area contributed by atoms with Gasteiger partial charge in [-0.2, -0.15) is 0 Å². The van der Waals surface area contributed by atoms with E-state index in [4.69, 9.17) is 0 Å². The van der Waals surface area contributed by atoms with Gasteiger partial charge < -0.3 is 5.11 Å². The number of thiazole rings is 1. The number of aromatic nitrogens is 1. The van der Waals surface area contributed by atoms with Crippen molar-refractivity contribution in [1.82, 2.24) is 9.88 Å². The molecule has 2 unspecified atom stereocenters.